The van der Waals surface area contributed by atoms with Gasteiger partial charge in [0.15, 0.2) is 0 Å². The number of carbonyl (C=O) groups is 2. The molecule has 0 spiro atoms. The molecule has 2 aromatic rings. The second-order valence-corrected chi connectivity index (χ2v) is 8.19. The van der Waals surface area contributed by atoms with Crippen LogP contribution in [0.15, 0.2) is 60.7 Å². The summed E-state index contributed by atoms with van der Waals surface area (Å²) in [6.07, 6.45) is 5.16. The number of anilines is 1. The molecule has 0 aromatic heterocycles. The first-order valence-corrected chi connectivity index (χ1v) is 11.4. The first-order valence-electron chi connectivity index (χ1n) is 11.4. The smallest absolute Gasteiger partial charge is 0.244 e. The standard InChI is InChI=1S/C26H34N4O2/c1-22-8-7-11-24(20-22)30-18-16-29(17-19-30)15-6-5-14-27-26(32)21-28-25(31)13-12-23-9-3-2-4-10-23/h2-4,7-13,20H,5-6,14-19,21H2,1H3,(H,27,32)(H,28,31)/b13-12+. The van der Waals surface area contributed by atoms with Crippen LogP contribution in [-0.4, -0.2) is 62.5 Å². The molecule has 1 heterocycles. The van der Waals surface area contributed by atoms with Crippen LogP contribution in [0.3, 0.4) is 0 Å². The van der Waals surface area contributed by atoms with E-state index in [1.54, 1.807) is 6.08 Å². The van der Waals surface area contributed by atoms with E-state index in [1.165, 1.54) is 17.3 Å². The van der Waals surface area contributed by atoms with Crippen molar-refractivity contribution in [1.29, 1.82) is 0 Å². The Labute approximate surface area is 191 Å². The molecule has 2 amide bonds. The van der Waals surface area contributed by atoms with Crippen LogP contribution >= 0.6 is 0 Å². The highest BCUT2D eigenvalue weighted by Gasteiger charge is 2.16. The van der Waals surface area contributed by atoms with Gasteiger partial charge in [-0.3, -0.25) is 14.5 Å². The number of hydrogen-bond donors (Lipinski definition) is 2. The maximum Gasteiger partial charge on any atom is 0.244 e. The van der Waals surface area contributed by atoms with Crippen molar-refractivity contribution in [3.63, 3.8) is 0 Å². The van der Waals surface area contributed by atoms with Crippen LogP contribution in [0.2, 0.25) is 0 Å². The fourth-order valence-corrected chi connectivity index (χ4v) is 3.77. The Hall–Kier alpha value is -3.12. The number of piperazine rings is 1. The Kier molecular flexibility index (Phi) is 9.32. The molecule has 0 bridgehead atoms. The van der Waals surface area contributed by atoms with Crippen LogP contribution in [-0.2, 0) is 9.59 Å². The zero-order valence-corrected chi connectivity index (χ0v) is 18.9. The van der Waals surface area contributed by atoms with Gasteiger partial charge in [-0.25, -0.2) is 0 Å². The molecule has 32 heavy (non-hydrogen) atoms. The van der Waals surface area contributed by atoms with Gasteiger partial charge in [0.2, 0.25) is 11.8 Å². The van der Waals surface area contributed by atoms with Crippen molar-refractivity contribution in [2.45, 2.75) is 19.8 Å². The Morgan fingerprint density at radius 2 is 1.72 bits per heavy atom. The van der Waals surface area contributed by atoms with Gasteiger partial charge >= 0.3 is 0 Å². The second-order valence-electron chi connectivity index (χ2n) is 8.19. The molecule has 0 atom stereocenters. The Bertz CT molecular complexity index is 890. The SMILES string of the molecule is Cc1cccc(N2CCN(CCCCNC(=O)CNC(=O)/C=C/c3ccccc3)CC2)c1. The van der Waals surface area contributed by atoms with Crippen molar-refractivity contribution in [1.82, 2.24) is 15.5 Å². The highest BCUT2D eigenvalue weighted by molar-refractivity contribution is 5.94. The van der Waals surface area contributed by atoms with E-state index in [4.69, 9.17) is 0 Å². The summed E-state index contributed by atoms with van der Waals surface area (Å²) in [5.74, 6) is -0.424. The normalized spacial score (nSPS) is 14.5. The highest BCUT2D eigenvalue weighted by Crippen LogP contribution is 2.17. The lowest BCUT2D eigenvalue weighted by molar-refractivity contribution is -0.123. The monoisotopic (exact) mass is 434 g/mol. The summed E-state index contributed by atoms with van der Waals surface area (Å²) in [6, 6.07) is 18.3. The van der Waals surface area contributed by atoms with E-state index in [9.17, 15) is 9.59 Å². The molecule has 0 radical (unpaired) electrons. The van der Waals surface area contributed by atoms with E-state index < -0.39 is 0 Å². The molecule has 170 valence electrons. The average Bonchev–Trinajstić information content (AvgIpc) is 2.82. The van der Waals surface area contributed by atoms with Crippen molar-refractivity contribution in [3.8, 4) is 0 Å². The van der Waals surface area contributed by atoms with Crippen LogP contribution < -0.4 is 15.5 Å². The lowest BCUT2D eigenvalue weighted by Crippen LogP contribution is -2.46. The third-order valence-electron chi connectivity index (χ3n) is 5.61. The summed E-state index contributed by atoms with van der Waals surface area (Å²) in [5.41, 5.74) is 3.56. The zero-order valence-electron chi connectivity index (χ0n) is 18.9. The van der Waals surface area contributed by atoms with E-state index >= 15 is 0 Å². The molecule has 0 unspecified atom stereocenters. The molecule has 2 aromatic carbocycles. The van der Waals surface area contributed by atoms with Crippen LogP contribution in [0.5, 0.6) is 0 Å². The lowest BCUT2D eigenvalue weighted by Gasteiger charge is -2.36. The van der Waals surface area contributed by atoms with Gasteiger partial charge in [-0.1, -0.05) is 42.5 Å². The van der Waals surface area contributed by atoms with Gasteiger partial charge in [0.05, 0.1) is 6.54 Å². The summed E-state index contributed by atoms with van der Waals surface area (Å²) >= 11 is 0. The Balaban J connectivity index is 1.22. The molecule has 6 heteroatoms. The molecular weight excluding hydrogens is 400 g/mol. The number of carbonyl (C=O) groups excluding carboxylic acids is 2. The molecular formula is C26H34N4O2. The molecule has 1 aliphatic rings. The van der Waals surface area contributed by atoms with Crippen LogP contribution in [0, 0.1) is 6.92 Å². The topological polar surface area (TPSA) is 64.7 Å². The van der Waals surface area contributed by atoms with Crippen LogP contribution in [0.1, 0.15) is 24.0 Å². The fraction of sp³-hybridized carbons (Fsp3) is 0.385. The molecule has 1 saturated heterocycles. The Morgan fingerprint density at radius 3 is 2.47 bits per heavy atom. The summed E-state index contributed by atoms with van der Waals surface area (Å²) < 4.78 is 0. The summed E-state index contributed by atoms with van der Waals surface area (Å²) in [7, 11) is 0. The van der Waals surface area contributed by atoms with Gasteiger partial charge in [-0.05, 0) is 55.6 Å². The predicted molar refractivity (Wildman–Crippen MR) is 131 cm³/mol. The zero-order chi connectivity index (χ0) is 22.6. The van der Waals surface area contributed by atoms with Crippen molar-refractivity contribution in [2.24, 2.45) is 0 Å². The van der Waals surface area contributed by atoms with E-state index in [-0.39, 0.29) is 18.4 Å². The van der Waals surface area contributed by atoms with Gasteiger partial charge in [0.25, 0.3) is 0 Å². The van der Waals surface area contributed by atoms with E-state index in [2.05, 4.69) is 51.6 Å². The first-order chi connectivity index (χ1) is 15.6. The molecule has 0 saturated carbocycles. The van der Waals surface area contributed by atoms with Crippen molar-refractivity contribution in [2.75, 3.05) is 50.7 Å². The van der Waals surface area contributed by atoms with Crippen molar-refractivity contribution < 1.29 is 9.59 Å². The number of amides is 2. The number of rotatable bonds is 10. The average molecular weight is 435 g/mol. The maximum atomic E-state index is 11.9. The third-order valence-corrected chi connectivity index (χ3v) is 5.61. The number of hydrogen-bond acceptors (Lipinski definition) is 4. The van der Waals surface area contributed by atoms with Crippen molar-refractivity contribution in [3.05, 3.63) is 71.8 Å². The minimum atomic E-state index is -0.270. The van der Waals surface area contributed by atoms with Gasteiger partial charge < -0.3 is 15.5 Å². The quantitative estimate of drug-likeness (QED) is 0.446. The largest absolute Gasteiger partial charge is 0.369 e. The summed E-state index contributed by atoms with van der Waals surface area (Å²) in [6.45, 7) is 8.08. The molecule has 3 rings (SSSR count). The minimum Gasteiger partial charge on any atom is -0.369 e. The highest BCUT2D eigenvalue weighted by atomic mass is 16.2. The summed E-state index contributed by atoms with van der Waals surface area (Å²) in [5, 5.41) is 5.49. The maximum absolute atomic E-state index is 11.9. The van der Waals surface area contributed by atoms with Gasteiger partial charge in [-0.15, -0.1) is 0 Å². The minimum absolute atomic E-state index is 0.00111. The molecule has 6 nitrogen and oxygen atoms in total. The number of unbranched alkanes of at least 4 members (excludes halogenated alkanes) is 1. The number of nitrogens with zero attached hydrogens (tertiary/aromatic N) is 2. The fourth-order valence-electron chi connectivity index (χ4n) is 3.77. The van der Waals surface area contributed by atoms with Crippen molar-refractivity contribution >= 4 is 23.6 Å². The van der Waals surface area contributed by atoms with E-state index in [0.717, 1.165) is 51.1 Å². The molecule has 0 aliphatic carbocycles. The van der Waals surface area contributed by atoms with E-state index in [0.29, 0.717) is 6.54 Å². The van der Waals surface area contributed by atoms with Gasteiger partial charge in [0, 0.05) is 44.5 Å². The molecule has 1 aliphatic heterocycles. The molecule has 1 fully saturated rings. The van der Waals surface area contributed by atoms with Gasteiger partial charge in [-0.2, -0.15) is 0 Å². The molecule has 2 N–H and O–H groups in total. The van der Waals surface area contributed by atoms with Gasteiger partial charge in [0.1, 0.15) is 0 Å². The second kappa shape index (κ2) is 12.7. The Morgan fingerprint density at radius 1 is 0.938 bits per heavy atom. The third kappa shape index (κ3) is 8.19. The lowest BCUT2D eigenvalue weighted by atomic mass is 10.2. The van der Waals surface area contributed by atoms with E-state index in [1.807, 2.05) is 30.3 Å². The van der Waals surface area contributed by atoms with Crippen LogP contribution in [0.4, 0.5) is 5.69 Å². The number of nitrogens with one attached hydrogen (secondary N) is 2. The number of benzene rings is 2. The van der Waals surface area contributed by atoms with Crippen LogP contribution in [0.25, 0.3) is 6.08 Å². The first kappa shape index (κ1) is 23.5. The predicted octanol–water partition coefficient (Wildman–Crippen LogP) is 2.84. The summed E-state index contributed by atoms with van der Waals surface area (Å²) in [4.78, 5) is 28.7. The number of aryl methyl sites for hydroxylation is 1.